The molecule has 0 saturated heterocycles. The van der Waals surface area contributed by atoms with Crippen LogP contribution < -0.4 is 0 Å². The van der Waals surface area contributed by atoms with Gasteiger partial charge in [-0.05, 0) is 53.9 Å². The zero-order valence-corrected chi connectivity index (χ0v) is 20.4. The summed E-state index contributed by atoms with van der Waals surface area (Å²) in [4.78, 5) is 16.3. The molecule has 5 heterocycles. The maximum atomic E-state index is 7.50. The molecule has 0 atom stereocenters. The van der Waals surface area contributed by atoms with E-state index in [9.17, 15) is 0 Å². The Hall–Kier alpha value is -3.73. The summed E-state index contributed by atoms with van der Waals surface area (Å²) in [6.45, 7) is -7.27. The van der Waals surface area contributed by atoms with Gasteiger partial charge in [-0.25, -0.2) is 4.98 Å². The maximum Gasteiger partial charge on any atom is 0.216 e. The molecule has 0 saturated carbocycles. The number of furan rings is 1. The number of nitrogens with zero attached hydrogens (tertiary/aromatic N) is 4. The van der Waals surface area contributed by atoms with Crippen molar-refractivity contribution in [2.45, 2.75) is 20.6 Å². The summed E-state index contributed by atoms with van der Waals surface area (Å²) in [7, 11) is 0. The van der Waals surface area contributed by atoms with Gasteiger partial charge in [-0.3, -0.25) is 0 Å². The quantitative estimate of drug-likeness (QED) is 0.196. The predicted molar refractivity (Wildman–Crippen MR) is 134 cm³/mol. The minimum Gasteiger partial charge on any atom is -0.486 e. The molecule has 0 N–H and O–H groups in total. The van der Waals surface area contributed by atoms with Gasteiger partial charge in [0.05, 0.1) is 5.58 Å². The van der Waals surface area contributed by atoms with Gasteiger partial charge in [-0.1, -0.05) is 48.9 Å². The Bertz CT molecular complexity index is 1890. The molecule has 6 heteroatoms. The van der Waals surface area contributed by atoms with Crippen LogP contribution in [0.2, 0.25) is 0 Å². The number of hydrogen-bond acceptors (Lipinski definition) is 5. The third-order valence-electron chi connectivity index (χ3n) is 4.96. The van der Waals surface area contributed by atoms with Crippen molar-refractivity contribution >= 4 is 22.1 Å². The summed E-state index contributed by atoms with van der Waals surface area (Å²) in [5.74, 6) is 0. The Morgan fingerprint density at radius 1 is 0.743 bits per heavy atom. The Balaban J connectivity index is 0.000000199. The van der Waals surface area contributed by atoms with Gasteiger partial charge in [-0.15, -0.1) is 35.9 Å². The summed E-state index contributed by atoms with van der Waals surface area (Å²) >= 11 is 0. The maximum absolute atomic E-state index is 7.50. The van der Waals surface area contributed by atoms with Gasteiger partial charge >= 0.3 is 0 Å². The Morgan fingerprint density at radius 2 is 1.51 bits per heavy atom. The molecule has 0 aliphatic rings. The number of fused-ring (bicyclic) bond motifs is 3. The molecule has 6 aromatic rings. The second kappa shape index (κ2) is 10.7. The molecule has 5 nitrogen and oxygen atoms in total. The third-order valence-corrected chi connectivity index (χ3v) is 4.96. The van der Waals surface area contributed by atoms with Crippen molar-refractivity contribution in [3.05, 3.63) is 108 Å². The minimum absolute atomic E-state index is 0. The van der Waals surface area contributed by atoms with Crippen molar-refractivity contribution in [3.8, 4) is 22.5 Å². The van der Waals surface area contributed by atoms with Crippen molar-refractivity contribution in [1.29, 1.82) is 0 Å². The van der Waals surface area contributed by atoms with E-state index in [0.717, 1.165) is 22.0 Å². The van der Waals surface area contributed by atoms with Crippen LogP contribution >= 0.6 is 0 Å². The third kappa shape index (κ3) is 5.19. The largest absolute Gasteiger partial charge is 0.486 e. The number of benzene rings is 1. The minimum atomic E-state index is -2.54. The van der Waals surface area contributed by atoms with Crippen LogP contribution in [-0.2, 0) is 20.1 Å². The van der Waals surface area contributed by atoms with Gasteiger partial charge in [0.1, 0.15) is 0 Å². The standard InChI is InChI=1S/C17H11N2O.C12H11N2.Ir/c1-11-8-9-13-12-5-4-6-14(15-7-2-3-10-18-15)16(12)20-17(13)19-11;1-9-6-7-11(10(2)14-9)12-5-3-4-8-13-12;/h2-5,7-10H,1H3;3-6,8H,1-2H3;/q2*-1;/i1D3;1D3,2D3;. The Labute approximate surface area is 230 Å². The molecule has 1 radical (unpaired) electrons. The van der Waals surface area contributed by atoms with E-state index in [4.69, 9.17) is 16.8 Å². The van der Waals surface area contributed by atoms with E-state index in [0.29, 0.717) is 17.0 Å². The molecule has 0 aliphatic carbocycles. The van der Waals surface area contributed by atoms with Crippen molar-refractivity contribution < 1.29 is 36.9 Å². The molecule has 0 aliphatic heterocycles. The monoisotopic (exact) mass is 644 g/mol. The smallest absolute Gasteiger partial charge is 0.216 e. The fraction of sp³-hybridized carbons (Fsp3) is 0.103. The Kier molecular flexibility index (Phi) is 4.67. The molecule has 0 bridgehead atoms. The Morgan fingerprint density at radius 3 is 2.20 bits per heavy atom. The fourth-order valence-corrected chi connectivity index (χ4v) is 3.45. The first-order chi connectivity index (χ1) is 20.2. The number of rotatable bonds is 2. The zero-order chi connectivity index (χ0) is 31.0. The summed E-state index contributed by atoms with van der Waals surface area (Å²) in [6.07, 6.45) is 3.22. The van der Waals surface area contributed by atoms with Gasteiger partial charge in [0.2, 0.25) is 5.71 Å². The van der Waals surface area contributed by atoms with Crippen LogP contribution in [-0.4, -0.2) is 19.9 Å². The van der Waals surface area contributed by atoms with Crippen molar-refractivity contribution in [1.82, 2.24) is 19.9 Å². The first kappa shape index (κ1) is 15.3. The van der Waals surface area contributed by atoms with Crippen LogP contribution in [0.5, 0.6) is 0 Å². The average molecular weight is 644 g/mol. The van der Waals surface area contributed by atoms with Gasteiger partial charge in [0, 0.05) is 55.9 Å². The first-order valence-corrected chi connectivity index (χ1v) is 10.2. The fourth-order valence-electron chi connectivity index (χ4n) is 3.45. The van der Waals surface area contributed by atoms with E-state index < -0.39 is 20.6 Å². The van der Waals surface area contributed by atoms with Gasteiger partial charge in [-0.2, -0.15) is 0 Å². The molecule has 5 aromatic heterocycles. The second-order valence-electron chi connectivity index (χ2n) is 7.19. The van der Waals surface area contributed by atoms with Crippen LogP contribution in [0.4, 0.5) is 0 Å². The van der Waals surface area contributed by atoms with Crippen molar-refractivity contribution in [2.24, 2.45) is 0 Å². The van der Waals surface area contributed by atoms with Gasteiger partial charge in [0.25, 0.3) is 0 Å². The summed E-state index contributed by atoms with van der Waals surface area (Å²) < 4.78 is 72.7. The van der Waals surface area contributed by atoms with Crippen LogP contribution in [0.15, 0.2) is 83.5 Å². The molecule has 0 amide bonds. The topological polar surface area (TPSA) is 64.7 Å². The molecule has 175 valence electrons. The van der Waals surface area contributed by atoms with Crippen molar-refractivity contribution in [3.63, 3.8) is 0 Å². The van der Waals surface area contributed by atoms with Crippen molar-refractivity contribution in [2.75, 3.05) is 0 Å². The van der Waals surface area contributed by atoms with E-state index in [1.54, 1.807) is 36.5 Å². The van der Waals surface area contributed by atoms with Crippen LogP contribution in [0.3, 0.4) is 0 Å². The van der Waals surface area contributed by atoms with E-state index >= 15 is 0 Å². The van der Waals surface area contributed by atoms with E-state index in [-0.39, 0.29) is 42.8 Å². The zero-order valence-electron chi connectivity index (χ0n) is 27.0. The predicted octanol–water partition coefficient (Wildman–Crippen LogP) is 6.71. The molecule has 0 unspecified atom stereocenters. The molecule has 35 heavy (non-hydrogen) atoms. The molecular formula is C29H22IrN4O-2. The second-order valence-corrected chi connectivity index (χ2v) is 7.19. The van der Waals surface area contributed by atoms with Crippen LogP contribution in [0, 0.1) is 32.7 Å². The number of aromatic nitrogens is 4. The van der Waals surface area contributed by atoms with E-state index in [2.05, 4.69) is 32.1 Å². The SMILES string of the molecule is [2H]C([2H])([2H])c1c[c-]c(-c2ccccn2)c(C([2H])([2H])[2H])n1.[2H]C([2H])([2H])c1ccc2c(n1)oc1c(-c3ccccn3)[c-]ccc12.[Ir]. The molecule has 0 fully saturated rings. The molecule has 0 spiro atoms. The normalized spacial score (nSPS) is 15.4. The van der Waals surface area contributed by atoms with Crippen LogP contribution in [0.25, 0.3) is 44.6 Å². The number of pyridine rings is 4. The number of aryl methyl sites for hydroxylation is 3. The van der Waals surface area contributed by atoms with Gasteiger partial charge in [0.15, 0.2) is 0 Å². The summed E-state index contributed by atoms with van der Waals surface area (Å²) in [5, 5.41) is 1.64. The average Bonchev–Trinajstić information content (AvgIpc) is 3.35. The molecule has 1 aromatic carbocycles. The first-order valence-electron chi connectivity index (χ1n) is 14.7. The molecular weight excluding hydrogens is 613 g/mol. The summed E-state index contributed by atoms with van der Waals surface area (Å²) in [5.41, 5.74) is 2.41. The number of hydrogen-bond donors (Lipinski definition) is 0. The van der Waals surface area contributed by atoms with E-state index in [1.807, 2.05) is 24.3 Å². The molecule has 6 rings (SSSR count). The van der Waals surface area contributed by atoms with Crippen LogP contribution in [0.1, 0.15) is 29.4 Å². The van der Waals surface area contributed by atoms with E-state index in [1.165, 1.54) is 18.3 Å². The van der Waals surface area contributed by atoms with Gasteiger partial charge < -0.3 is 19.4 Å². The summed E-state index contributed by atoms with van der Waals surface area (Å²) in [6, 6.07) is 24.6.